The maximum Gasteiger partial charge on any atom is 0.337 e. The number of methoxy groups -OCH3 is 1. The fourth-order valence-corrected chi connectivity index (χ4v) is 3.07. The van der Waals surface area contributed by atoms with Crippen LogP contribution in [0.3, 0.4) is 0 Å². The van der Waals surface area contributed by atoms with Crippen LogP contribution in [-0.2, 0) is 4.74 Å². The maximum atomic E-state index is 12.2. The highest BCUT2D eigenvalue weighted by Crippen LogP contribution is 2.28. The Morgan fingerprint density at radius 2 is 1.92 bits per heavy atom. The number of halogens is 1. The van der Waals surface area contributed by atoms with E-state index in [0.29, 0.717) is 36.8 Å². The number of hydrogen-bond acceptors (Lipinski definition) is 4. The molecule has 1 N–H and O–H groups in total. The van der Waals surface area contributed by atoms with Crippen LogP contribution < -0.4 is 10.2 Å². The Bertz CT molecular complexity index is 601. The molecule has 1 aliphatic rings. The summed E-state index contributed by atoms with van der Waals surface area (Å²) >= 11 is 6.29. The van der Waals surface area contributed by atoms with Gasteiger partial charge < -0.3 is 19.9 Å². The Hall–Kier alpha value is -1.95. The summed E-state index contributed by atoms with van der Waals surface area (Å²) < 4.78 is 4.76. The lowest BCUT2D eigenvalue weighted by Gasteiger charge is -2.36. The standard InChI is InChI=1S/C18H26ClN3O3/c1-3-4-5-8-20-18(24)22-11-9-21(10-12-22)16-13-14(17(23)25-2)6-7-15(16)19/h6-7,13H,3-5,8-12H2,1-2H3,(H,20,24). The van der Waals surface area contributed by atoms with E-state index >= 15 is 0 Å². The highest BCUT2D eigenvalue weighted by atomic mass is 35.5. The zero-order chi connectivity index (χ0) is 18.2. The molecule has 1 aliphatic heterocycles. The van der Waals surface area contributed by atoms with E-state index in [4.69, 9.17) is 16.3 Å². The van der Waals surface area contributed by atoms with E-state index in [1.165, 1.54) is 7.11 Å². The number of unbranched alkanes of at least 4 members (excludes halogenated alkanes) is 2. The minimum absolute atomic E-state index is 0.00911. The number of carbonyl (C=O) groups is 2. The molecule has 6 nitrogen and oxygen atoms in total. The number of carbonyl (C=O) groups excluding carboxylic acids is 2. The Morgan fingerprint density at radius 1 is 1.20 bits per heavy atom. The minimum atomic E-state index is -0.386. The van der Waals surface area contributed by atoms with E-state index in [2.05, 4.69) is 17.1 Å². The Balaban J connectivity index is 1.91. The van der Waals surface area contributed by atoms with Gasteiger partial charge in [-0.1, -0.05) is 31.4 Å². The SMILES string of the molecule is CCCCCNC(=O)N1CCN(c2cc(C(=O)OC)ccc2Cl)CC1. The number of anilines is 1. The summed E-state index contributed by atoms with van der Waals surface area (Å²) in [6.07, 6.45) is 3.28. The normalized spacial score (nSPS) is 14.4. The topological polar surface area (TPSA) is 61.9 Å². The molecule has 25 heavy (non-hydrogen) atoms. The van der Waals surface area contributed by atoms with Gasteiger partial charge in [0.25, 0.3) is 0 Å². The van der Waals surface area contributed by atoms with Crippen LogP contribution in [0.2, 0.25) is 5.02 Å². The van der Waals surface area contributed by atoms with Gasteiger partial charge in [-0.15, -0.1) is 0 Å². The first-order valence-corrected chi connectivity index (χ1v) is 9.10. The molecule has 0 aromatic heterocycles. The van der Waals surface area contributed by atoms with Gasteiger partial charge in [0, 0.05) is 32.7 Å². The van der Waals surface area contributed by atoms with Gasteiger partial charge >= 0.3 is 12.0 Å². The molecule has 0 aliphatic carbocycles. The largest absolute Gasteiger partial charge is 0.465 e. The van der Waals surface area contributed by atoms with Crippen molar-refractivity contribution in [2.45, 2.75) is 26.2 Å². The second-order valence-corrected chi connectivity index (χ2v) is 6.48. The van der Waals surface area contributed by atoms with Gasteiger partial charge in [0.1, 0.15) is 0 Å². The van der Waals surface area contributed by atoms with Crippen LogP contribution in [0.4, 0.5) is 10.5 Å². The monoisotopic (exact) mass is 367 g/mol. The molecule has 1 aromatic rings. The molecule has 1 fully saturated rings. The Morgan fingerprint density at radius 3 is 2.56 bits per heavy atom. The third kappa shape index (κ3) is 5.26. The lowest BCUT2D eigenvalue weighted by atomic mass is 10.1. The summed E-state index contributed by atoms with van der Waals surface area (Å²) in [6, 6.07) is 5.09. The van der Waals surface area contributed by atoms with Crippen LogP contribution in [0.5, 0.6) is 0 Å². The summed E-state index contributed by atoms with van der Waals surface area (Å²) in [5.74, 6) is -0.386. The number of benzene rings is 1. The number of nitrogens with zero attached hydrogens (tertiary/aromatic N) is 2. The second kappa shape index (κ2) is 9.51. The van der Waals surface area contributed by atoms with Crippen LogP contribution in [0.25, 0.3) is 0 Å². The Kier molecular flexibility index (Phi) is 7.37. The van der Waals surface area contributed by atoms with Crippen LogP contribution >= 0.6 is 11.6 Å². The second-order valence-electron chi connectivity index (χ2n) is 6.07. The molecule has 1 heterocycles. The molecule has 2 rings (SSSR count). The molecule has 7 heteroatoms. The summed E-state index contributed by atoms with van der Waals surface area (Å²) in [5, 5.41) is 3.55. The summed E-state index contributed by atoms with van der Waals surface area (Å²) in [6.45, 7) is 5.46. The molecule has 1 saturated heterocycles. The molecule has 138 valence electrons. The molecule has 0 unspecified atom stereocenters. The molecule has 0 atom stereocenters. The van der Waals surface area contributed by atoms with Gasteiger partial charge in [-0.2, -0.15) is 0 Å². The number of amides is 2. The predicted molar refractivity (Wildman–Crippen MR) is 99.5 cm³/mol. The number of hydrogen-bond donors (Lipinski definition) is 1. The van der Waals surface area contributed by atoms with Crippen LogP contribution in [-0.4, -0.2) is 56.7 Å². The van der Waals surface area contributed by atoms with Gasteiger partial charge in [0.2, 0.25) is 0 Å². The van der Waals surface area contributed by atoms with Crippen molar-refractivity contribution in [1.82, 2.24) is 10.2 Å². The summed E-state index contributed by atoms with van der Waals surface area (Å²) in [7, 11) is 1.36. The fourth-order valence-electron chi connectivity index (χ4n) is 2.83. The van der Waals surface area contributed by atoms with E-state index in [-0.39, 0.29) is 12.0 Å². The number of piperazine rings is 1. The summed E-state index contributed by atoms with van der Waals surface area (Å²) in [5.41, 5.74) is 1.27. The molecule has 0 radical (unpaired) electrons. The van der Waals surface area contributed by atoms with Gasteiger partial charge in [-0.25, -0.2) is 9.59 Å². The van der Waals surface area contributed by atoms with Crippen molar-refractivity contribution in [2.75, 3.05) is 44.7 Å². The first-order valence-electron chi connectivity index (χ1n) is 8.72. The zero-order valence-electron chi connectivity index (χ0n) is 14.9. The number of rotatable bonds is 6. The number of nitrogens with one attached hydrogen (secondary N) is 1. The highest BCUT2D eigenvalue weighted by molar-refractivity contribution is 6.33. The molecular formula is C18H26ClN3O3. The van der Waals surface area contributed by atoms with Gasteiger partial charge in [0.15, 0.2) is 0 Å². The van der Waals surface area contributed by atoms with E-state index in [9.17, 15) is 9.59 Å². The van der Waals surface area contributed by atoms with Crippen molar-refractivity contribution >= 4 is 29.3 Å². The lowest BCUT2D eigenvalue weighted by molar-refractivity contribution is 0.0600. The third-order valence-corrected chi connectivity index (χ3v) is 4.65. The minimum Gasteiger partial charge on any atom is -0.465 e. The average molecular weight is 368 g/mol. The van der Waals surface area contributed by atoms with E-state index in [1.807, 2.05) is 4.90 Å². The maximum absolute atomic E-state index is 12.2. The molecule has 1 aromatic carbocycles. The van der Waals surface area contributed by atoms with Crippen molar-refractivity contribution in [3.63, 3.8) is 0 Å². The first-order chi connectivity index (χ1) is 12.1. The lowest BCUT2D eigenvalue weighted by Crippen LogP contribution is -2.52. The summed E-state index contributed by atoms with van der Waals surface area (Å²) in [4.78, 5) is 27.8. The fraction of sp³-hybridized carbons (Fsp3) is 0.556. The van der Waals surface area contributed by atoms with Crippen LogP contribution in [0.15, 0.2) is 18.2 Å². The molecule has 0 spiro atoms. The Labute approximate surface area is 154 Å². The average Bonchev–Trinajstić information content (AvgIpc) is 2.65. The van der Waals surface area contributed by atoms with Crippen molar-refractivity contribution in [1.29, 1.82) is 0 Å². The number of esters is 1. The molecule has 2 amide bonds. The number of ether oxygens (including phenoxy) is 1. The molecule has 0 bridgehead atoms. The highest BCUT2D eigenvalue weighted by Gasteiger charge is 2.23. The van der Waals surface area contributed by atoms with Crippen molar-refractivity contribution in [3.05, 3.63) is 28.8 Å². The third-order valence-electron chi connectivity index (χ3n) is 4.33. The predicted octanol–water partition coefficient (Wildman–Crippen LogP) is 3.15. The number of urea groups is 1. The van der Waals surface area contributed by atoms with E-state index in [1.54, 1.807) is 18.2 Å². The van der Waals surface area contributed by atoms with E-state index < -0.39 is 0 Å². The first kappa shape index (κ1) is 19.4. The van der Waals surface area contributed by atoms with Crippen molar-refractivity contribution in [3.8, 4) is 0 Å². The van der Waals surface area contributed by atoms with Gasteiger partial charge in [-0.05, 0) is 24.6 Å². The van der Waals surface area contributed by atoms with Crippen LogP contribution in [0, 0.1) is 0 Å². The zero-order valence-corrected chi connectivity index (χ0v) is 15.6. The molecule has 0 saturated carbocycles. The smallest absolute Gasteiger partial charge is 0.337 e. The van der Waals surface area contributed by atoms with Crippen LogP contribution in [0.1, 0.15) is 36.5 Å². The van der Waals surface area contributed by atoms with Crippen molar-refractivity contribution in [2.24, 2.45) is 0 Å². The van der Waals surface area contributed by atoms with Crippen molar-refractivity contribution < 1.29 is 14.3 Å². The molecular weight excluding hydrogens is 342 g/mol. The van der Waals surface area contributed by atoms with Gasteiger partial charge in [0.05, 0.1) is 23.4 Å². The van der Waals surface area contributed by atoms with E-state index in [0.717, 1.165) is 31.5 Å². The van der Waals surface area contributed by atoms with Gasteiger partial charge in [-0.3, -0.25) is 0 Å². The quantitative estimate of drug-likeness (QED) is 0.619.